The Labute approximate surface area is 140 Å². The maximum Gasteiger partial charge on any atom is 0.315 e. The van der Waals surface area contributed by atoms with Crippen LogP contribution in [-0.4, -0.2) is 45.2 Å². The number of carboxylic acid groups (broad SMARTS) is 1. The Bertz CT molecular complexity index is 772. The van der Waals surface area contributed by atoms with Crippen molar-refractivity contribution in [2.45, 2.75) is 25.9 Å². The number of carboxylic acids is 1. The van der Waals surface area contributed by atoms with Crippen molar-refractivity contribution in [2.24, 2.45) is 5.41 Å². The van der Waals surface area contributed by atoms with E-state index in [1.54, 1.807) is 0 Å². The minimum Gasteiger partial charge on any atom is -0.492 e. The van der Waals surface area contributed by atoms with Crippen LogP contribution in [-0.2, 0) is 17.9 Å². The predicted molar refractivity (Wildman–Crippen MR) is 87.9 cm³/mol. The lowest BCUT2D eigenvalue weighted by atomic mass is 9.73. The third kappa shape index (κ3) is 2.21. The van der Waals surface area contributed by atoms with Crippen molar-refractivity contribution < 1.29 is 14.6 Å². The molecule has 24 heavy (non-hydrogen) atoms. The van der Waals surface area contributed by atoms with Gasteiger partial charge < -0.3 is 14.4 Å². The zero-order valence-corrected chi connectivity index (χ0v) is 13.7. The van der Waals surface area contributed by atoms with Gasteiger partial charge in [0.25, 0.3) is 0 Å². The van der Waals surface area contributed by atoms with Gasteiger partial charge >= 0.3 is 5.97 Å². The van der Waals surface area contributed by atoms with Crippen LogP contribution >= 0.6 is 0 Å². The Kier molecular flexibility index (Phi) is 3.57. The minimum atomic E-state index is -0.870. The number of aryl methyl sites for hydroxylation is 1. The first-order valence-corrected chi connectivity index (χ1v) is 8.30. The number of benzene rings is 1. The molecule has 0 saturated carbocycles. The van der Waals surface area contributed by atoms with E-state index in [2.05, 4.69) is 21.4 Å². The molecule has 1 N–H and O–H groups in total. The Morgan fingerprint density at radius 3 is 3.08 bits per heavy atom. The number of ether oxygens (including phenoxy) is 1. The summed E-state index contributed by atoms with van der Waals surface area (Å²) in [6.45, 7) is 5.10. The lowest BCUT2D eigenvalue weighted by Gasteiger charge is -2.35. The van der Waals surface area contributed by atoms with Crippen LogP contribution in [0.2, 0.25) is 0 Å². The van der Waals surface area contributed by atoms with Crippen molar-refractivity contribution in [3.8, 4) is 5.75 Å². The van der Waals surface area contributed by atoms with Crippen LogP contribution < -0.4 is 4.74 Å². The lowest BCUT2D eigenvalue weighted by Crippen LogP contribution is -2.45. The van der Waals surface area contributed by atoms with Crippen LogP contribution in [0.15, 0.2) is 36.8 Å². The maximum atomic E-state index is 12.1. The molecule has 1 saturated heterocycles. The van der Waals surface area contributed by atoms with E-state index in [0.717, 1.165) is 30.1 Å². The van der Waals surface area contributed by atoms with Gasteiger partial charge in [-0.15, -0.1) is 0 Å². The molecule has 1 fully saturated rings. The van der Waals surface area contributed by atoms with E-state index in [4.69, 9.17) is 4.74 Å². The van der Waals surface area contributed by atoms with Gasteiger partial charge in [-0.1, -0.05) is 18.2 Å². The molecule has 0 radical (unpaired) electrons. The van der Waals surface area contributed by atoms with Gasteiger partial charge in [0, 0.05) is 38.3 Å². The SMILES string of the molecule is CCn1cncc1CN1C[C@@H]2c3ccccc3OC[C@]2(C(=O)O)C1. The Morgan fingerprint density at radius 1 is 1.46 bits per heavy atom. The van der Waals surface area contributed by atoms with Gasteiger partial charge in [-0.25, -0.2) is 4.98 Å². The molecule has 0 aliphatic carbocycles. The van der Waals surface area contributed by atoms with E-state index in [1.165, 1.54) is 0 Å². The molecular weight excluding hydrogens is 306 g/mol. The van der Waals surface area contributed by atoms with Gasteiger partial charge in [0.05, 0.1) is 12.0 Å². The molecule has 0 unspecified atom stereocenters. The normalized spacial score (nSPS) is 25.8. The van der Waals surface area contributed by atoms with Crippen LogP contribution in [0.1, 0.15) is 24.1 Å². The zero-order chi connectivity index (χ0) is 16.7. The van der Waals surface area contributed by atoms with Gasteiger partial charge in [0.1, 0.15) is 17.8 Å². The van der Waals surface area contributed by atoms with Crippen molar-refractivity contribution in [1.82, 2.24) is 14.5 Å². The summed E-state index contributed by atoms with van der Waals surface area (Å²) in [5.41, 5.74) is 1.26. The molecular formula is C18H21N3O3. The fourth-order valence-corrected chi connectivity index (χ4v) is 4.05. The standard InChI is InChI=1S/C18H21N3O3/c1-2-21-12-19-7-13(21)8-20-9-15-14-5-3-4-6-16(14)24-11-18(15,10-20)17(22)23/h3-7,12,15H,2,8-11H2,1H3,(H,22,23)/t15-,18-/m1/s1. The molecule has 0 bridgehead atoms. The number of hydrogen-bond donors (Lipinski definition) is 1. The van der Waals surface area contributed by atoms with Crippen molar-refractivity contribution in [3.63, 3.8) is 0 Å². The predicted octanol–water partition coefficient (Wildman–Crippen LogP) is 1.97. The Hall–Kier alpha value is -2.34. The summed E-state index contributed by atoms with van der Waals surface area (Å²) in [5, 5.41) is 9.95. The number of hydrogen-bond acceptors (Lipinski definition) is 4. The third-order valence-electron chi connectivity index (χ3n) is 5.34. The molecule has 6 nitrogen and oxygen atoms in total. The molecule has 126 valence electrons. The Morgan fingerprint density at radius 2 is 2.29 bits per heavy atom. The van der Waals surface area contributed by atoms with Crippen LogP contribution in [0.4, 0.5) is 0 Å². The molecule has 2 aromatic rings. The third-order valence-corrected chi connectivity index (χ3v) is 5.34. The highest BCUT2D eigenvalue weighted by Crippen LogP contribution is 2.49. The first-order chi connectivity index (χ1) is 11.6. The topological polar surface area (TPSA) is 67.6 Å². The van der Waals surface area contributed by atoms with Gasteiger partial charge in [0.15, 0.2) is 0 Å². The van der Waals surface area contributed by atoms with Crippen molar-refractivity contribution in [3.05, 3.63) is 48.0 Å². The summed E-state index contributed by atoms with van der Waals surface area (Å²) in [7, 11) is 0. The van der Waals surface area contributed by atoms with Gasteiger partial charge in [-0.2, -0.15) is 0 Å². The number of nitrogens with zero attached hydrogens (tertiary/aromatic N) is 3. The second kappa shape index (κ2) is 5.63. The highest BCUT2D eigenvalue weighted by molar-refractivity contribution is 5.78. The van der Waals surface area contributed by atoms with Crippen LogP contribution in [0.25, 0.3) is 0 Å². The average Bonchev–Trinajstić information content (AvgIpc) is 3.19. The highest BCUT2D eigenvalue weighted by Gasteiger charge is 2.56. The zero-order valence-electron chi connectivity index (χ0n) is 13.7. The van der Waals surface area contributed by atoms with Gasteiger partial charge in [0.2, 0.25) is 0 Å². The fourth-order valence-electron chi connectivity index (χ4n) is 4.05. The minimum absolute atomic E-state index is 0.0436. The van der Waals surface area contributed by atoms with E-state index < -0.39 is 11.4 Å². The van der Waals surface area contributed by atoms with Gasteiger partial charge in [-0.3, -0.25) is 9.69 Å². The van der Waals surface area contributed by atoms with Crippen LogP contribution in [0.3, 0.4) is 0 Å². The maximum absolute atomic E-state index is 12.1. The van der Waals surface area contributed by atoms with E-state index >= 15 is 0 Å². The molecule has 1 aromatic heterocycles. The first-order valence-electron chi connectivity index (χ1n) is 8.30. The summed E-state index contributed by atoms with van der Waals surface area (Å²) >= 11 is 0. The first kappa shape index (κ1) is 15.2. The summed E-state index contributed by atoms with van der Waals surface area (Å²) in [4.78, 5) is 18.5. The van der Waals surface area contributed by atoms with E-state index in [9.17, 15) is 9.90 Å². The number of aromatic nitrogens is 2. The van der Waals surface area contributed by atoms with Gasteiger partial charge in [-0.05, 0) is 18.6 Å². The molecule has 2 aliphatic heterocycles. The summed E-state index contributed by atoms with van der Waals surface area (Å²) < 4.78 is 7.90. The second-order valence-corrected chi connectivity index (χ2v) is 6.68. The van der Waals surface area contributed by atoms with E-state index in [1.807, 2.05) is 36.8 Å². The number of imidazole rings is 1. The lowest BCUT2D eigenvalue weighted by molar-refractivity contribution is -0.151. The van der Waals surface area contributed by atoms with Crippen molar-refractivity contribution in [1.29, 1.82) is 0 Å². The molecule has 2 atom stereocenters. The molecule has 3 heterocycles. The smallest absolute Gasteiger partial charge is 0.315 e. The monoisotopic (exact) mass is 327 g/mol. The number of carbonyl (C=O) groups is 1. The van der Waals surface area contributed by atoms with Crippen LogP contribution in [0.5, 0.6) is 5.75 Å². The van der Waals surface area contributed by atoms with Crippen molar-refractivity contribution in [2.75, 3.05) is 19.7 Å². The largest absolute Gasteiger partial charge is 0.492 e. The molecule has 6 heteroatoms. The molecule has 2 aliphatic rings. The molecule has 4 rings (SSSR count). The molecule has 0 spiro atoms. The van der Waals surface area contributed by atoms with Crippen LogP contribution in [0, 0.1) is 5.41 Å². The van der Waals surface area contributed by atoms with E-state index in [0.29, 0.717) is 13.1 Å². The summed E-state index contributed by atoms with van der Waals surface area (Å²) in [6, 6.07) is 7.81. The van der Waals surface area contributed by atoms with E-state index in [-0.39, 0.29) is 12.5 Å². The Balaban J connectivity index is 1.65. The second-order valence-electron chi connectivity index (χ2n) is 6.68. The summed E-state index contributed by atoms with van der Waals surface area (Å²) in [6.07, 6.45) is 3.69. The molecule has 1 aromatic carbocycles. The van der Waals surface area contributed by atoms with Crippen molar-refractivity contribution >= 4 is 5.97 Å². The molecule has 0 amide bonds. The highest BCUT2D eigenvalue weighted by atomic mass is 16.5. The fraction of sp³-hybridized carbons (Fsp3) is 0.444. The quantitative estimate of drug-likeness (QED) is 0.930. The number of likely N-dealkylation sites (tertiary alicyclic amines) is 1. The number of fused-ring (bicyclic) bond motifs is 3. The summed E-state index contributed by atoms with van der Waals surface area (Å²) in [5.74, 6) is 0.00581. The number of rotatable bonds is 4. The number of aliphatic carboxylic acids is 1. The number of para-hydroxylation sites is 1. The average molecular weight is 327 g/mol.